The highest BCUT2D eigenvalue weighted by Gasteiger charge is 2.24. The van der Waals surface area contributed by atoms with Crippen molar-refractivity contribution in [3.05, 3.63) is 53.2 Å². The fourth-order valence-electron chi connectivity index (χ4n) is 3.77. The number of anilines is 1. The summed E-state index contributed by atoms with van der Waals surface area (Å²) in [4.78, 5) is 4.67. The average molecular weight is 434 g/mol. The number of piperazine rings is 1. The molecule has 2 aromatic carbocycles. The SMILES string of the molecule is COc1ccc(S(=O)(=O)n2cc(C)c3cc(Cl)ccc32)cc1N1CCN(C)CC1. The predicted octanol–water partition coefficient (Wildman–Crippen LogP) is 3.60. The summed E-state index contributed by atoms with van der Waals surface area (Å²) in [5.74, 6) is 0.675. The van der Waals surface area contributed by atoms with Crippen LogP contribution in [0.1, 0.15) is 5.56 Å². The van der Waals surface area contributed by atoms with Crippen molar-refractivity contribution in [1.82, 2.24) is 8.87 Å². The number of likely N-dealkylation sites (N-methyl/N-ethyl adjacent to an activating group) is 1. The van der Waals surface area contributed by atoms with E-state index in [9.17, 15) is 8.42 Å². The molecule has 1 aliphatic heterocycles. The summed E-state index contributed by atoms with van der Waals surface area (Å²) in [6.45, 7) is 5.36. The van der Waals surface area contributed by atoms with Crippen molar-refractivity contribution < 1.29 is 13.2 Å². The highest BCUT2D eigenvalue weighted by atomic mass is 35.5. The van der Waals surface area contributed by atoms with Gasteiger partial charge in [-0.25, -0.2) is 12.4 Å². The first-order chi connectivity index (χ1) is 13.8. The van der Waals surface area contributed by atoms with E-state index < -0.39 is 10.0 Å². The number of fused-ring (bicyclic) bond motifs is 1. The van der Waals surface area contributed by atoms with E-state index in [2.05, 4.69) is 16.8 Å². The molecule has 3 aromatic rings. The lowest BCUT2D eigenvalue weighted by atomic mass is 10.2. The molecule has 154 valence electrons. The predicted molar refractivity (Wildman–Crippen MR) is 117 cm³/mol. The lowest BCUT2D eigenvalue weighted by Gasteiger charge is -2.34. The van der Waals surface area contributed by atoms with Gasteiger partial charge in [0.05, 0.1) is 23.2 Å². The molecule has 29 heavy (non-hydrogen) atoms. The average Bonchev–Trinajstić information content (AvgIpc) is 3.05. The van der Waals surface area contributed by atoms with E-state index in [4.69, 9.17) is 16.3 Å². The number of nitrogens with zero attached hydrogens (tertiary/aromatic N) is 3. The monoisotopic (exact) mass is 433 g/mol. The molecule has 0 bridgehead atoms. The van der Waals surface area contributed by atoms with Gasteiger partial charge >= 0.3 is 0 Å². The molecule has 0 N–H and O–H groups in total. The molecule has 6 nitrogen and oxygen atoms in total. The molecule has 0 amide bonds. The zero-order valence-corrected chi connectivity index (χ0v) is 18.3. The second-order valence-corrected chi connectivity index (χ2v) is 9.65. The Morgan fingerprint density at radius 1 is 1.03 bits per heavy atom. The van der Waals surface area contributed by atoms with Gasteiger partial charge in [0, 0.05) is 42.8 Å². The van der Waals surface area contributed by atoms with Gasteiger partial charge in [-0.1, -0.05) is 11.6 Å². The van der Waals surface area contributed by atoms with E-state index in [0.29, 0.717) is 16.3 Å². The number of hydrogen-bond donors (Lipinski definition) is 0. The molecule has 0 radical (unpaired) electrons. The van der Waals surface area contributed by atoms with E-state index in [1.807, 2.05) is 6.92 Å². The van der Waals surface area contributed by atoms with Crippen LogP contribution in [0.15, 0.2) is 47.5 Å². The molecule has 1 aliphatic rings. The molecule has 1 aromatic heterocycles. The van der Waals surface area contributed by atoms with Crippen molar-refractivity contribution in [2.45, 2.75) is 11.8 Å². The molecule has 8 heteroatoms. The first-order valence-electron chi connectivity index (χ1n) is 9.45. The fourth-order valence-corrected chi connectivity index (χ4v) is 5.38. The number of hydrogen-bond acceptors (Lipinski definition) is 5. The van der Waals surface area contributed by atoms with Crippen LogP contribution in [0.2, 0.25) is 5.02 Å². The molecular formula is C21H24ClN3O3S. The Balaban J connectivity index is 1.81. The largest absolute Gasteiger partial charge is 0.495 e. The minimum absolute atomic E-state index is 0.235. The van der Waals surface area contributed by atoms with Gasteiger partial charge in [0.25, 0.3) is 10.0 Å². The topological polar surface area (TPSA) is 54.8 Å². The highest BCUT2D eigenvalue weighted by molar-refractivity contribution is 7.90. The number of halogens is 1. The van der Waals surface area contributed by atoms with Gasteiger partial charge in [0.2, 0.25) is 0 Å². The van der Waals surface area contributed by atoms with Crippen LogP contribution in [0, 0.1) is 6.92 Å². The Morgan fingerprint density at radius 3 is 2.45 bits per heavy atom. The van der Waals surface area contributed by atoms with Crippen LogP contribution in [-0.2, 0) is 10.0 Å². The molecule has 0 spiro atoms. The first-order valence-corrected chi connectivity index (χ1v) is 11.3. The molecule has 0 atom stereocenters. The van der Waals surface area contributed by atoms with Crippen molar-refractivity contribution in [3.8, 4) is 5.75 Å². The van der Waals surface area contributed by atoms with Crippen LogP contribution in [0.25, 0.3) is 10.9 Å². The lowest BCUT2D eigenvalue weighted by molar-refractivity contribution is 0.311. The summed E-state index contributed by atoms with van der Waals surface area (Å²) in [5.41, 5.74) is 2.28. The third-order valence-electron chi connectivity index (χ3n) is 5.48. The minimum Gasteiger partial charge on any atom is -0.495 e. The zero-order chi connectivity index (χ0) is 20.8. The summed E-state index contributed by atoms with van der Waals surface area (Å²) in [7, 11) is -0.0823. The summed E-state index contributed by atoms with van der Waals surface area (Å²) >= 11 is 6.10. The van der Waals surface area contributed by atoms with Crippen LogP contribution in [-0.4, -0.2) is 57.6 Å². The molecule has 4 rings (SSSR count). The van der Waals surface area contributed by atoms with E-state index in [-0.39, 0.29) is 4.90 Å². The lowest BCUT2D eigenvalue weighted by Crippen LogP contribution is -2.44. The van der Waals surface area contributed by atoms with Gasteiger partial charge in [0.1, 0.15) is 5.75 Å². The normalized spacial score (nSPS) is 15.8. The van der Waals surface area contributed by atoms with Crippen molar-refractivity contribution in [2.24, 2.45) is 0 Å². The van der Waals surface area contributed by atoms with Crippen molar-refractivity contribution in [3.63, 3.8) is 0 Å². The van der Waals surface area contributed by atoms with Gasteiger partial charge in [-0.2, -0.15) is 0 Å². The maximum atomic E-state index is 13.5. The fraction of sp³-hybridized carbons (Fsp3) is 0.333. The van der Waals surface area contributed by atoms with E-state index in [1.165, 1.54) is 3.97 Å². The quantitative estimate of drug-likeness (QED) is 0.629. The van der Waals surface area contributed by atoms with Crippen molar-refractivity contribution >= 4 is 38.2 Å². The van der Waals surface area contributed by atoms with Gasteiger partial charge in [0.15, 0.2) is 0 Å². The Morgan fingerprint density at radius 2 is 1.76 bits per heavy atom. The summed E-state index contributed by atoms with van der Waals surface area (Å²) < 4.78 is 33.8. The van der Waals surface area contributed by atoms with Gasteiger partial charge in [-0.3, -0.25) is 0 Å². The van der Waals surface area contributed by atoms with Crippen LogP contribution in [0.3, 0.4) is 0 Å². The zero-order valence-electron chi connectivity index (χ0n) is 16.7. The minimum atomic E-state index is -3.77. The third kappa shape index (κ3) is 3.58. The number of rotatable bonds is 4. The molecule has 1 fully saturated rings. The number of ether oxygens (including phenoxy) is 1. The highest BCUT2D eigenvalue weighted by Crippen LogP contribution is 2.34. The molecule has 1 saturated heterocycles. The summed E-state index contributed by atoms with van der Waals surface area (Å²) in [6.07, 6.45) is 1.65. The Labute approximate surface area is 176 Å². The number of aryl methyl sites for hydroxylation is 1. The van der Waals surface area contributed by atoms with E-state index >= 15 is 0 Å². The Bertz CT molecular complexity index is 1170. The van der Waals surface area contributed by atoms with Gasteiger partial charge in [-0.15, -0.1) is 0 Å². The Hall–Kier alpha value is -2.22. The standard InChI is InChI=1S/C21H24ClN3O3S/c1-15-14-25(19-6-4-16(22)12-18(15)19)29(26,27)17-5-7-21(28-3)20(13-17)24-10-8-23(2)9-11-24/h4-7,12-14H,8-11H2,1-3H3. The van der Waals surface area contributed by atoms with E-state index in [1.54, 1.807) is 49.7 Å². The number of methoxy groups -OCH3 is 1. The second kappa shape index (κ2) is 7.55. The third-order valence-corrected chi connectivity index (χ3v) is 7.39. The number of benzene rings is 2. The smallest absolute Gasteiger partial charge is 0.268 e. The maximum absolute atomic E-state index is 13.5. The summed E-state index contributed by atoms with van der Waals surface area (Å²) in [6, 6.07) is 10.3. The Kier molecular flexibility index (Phi) is 5.23. The maximum Gasteiger partial charge on any atom is 0.268 e. The van der Waals surface area contributed by atoms with Crippen molar-refractivity contribution in [1.29, 1.82) is 0 Å². The van der Waals surface area contributed by atoms with Crippen LogP contribution >= 0.6 is 11.6 Å². The van der Waals surface area contributed by atoms with Crippen LogP contribution in [0.4, 0.5) is 5.69 Å². The number of aromatic nitrogens is 1. The molecule has 0 unspecified atom stereocenters. The van der Waals surface area contributed by atoms with Gasteiger partial charge < -0.3 is 14.5 Å². The molecular weight excluding hydrogens is 410 g/mol. The molecule has 0 saturated carbocycles. The first kappa shape index (κ1) is 20.1. The van der Waals surface area contributed by atoms with Gasteiger partial charge in [-0.05, 0) is 55.9 Å². The molecule has 0 aliphatic carbocycles. The van der Waals surface area contributed by atoms with E-state index in [0.717, 1.165) is 42.8 Å². The summed E-state index contributed by atoms with van der Waals surface area (Å²) in [5, 5.41) is 1.41. The molecule has 2 heterocycles. The van der Waals surface area contributed by atoms with Crippen molar-refractivity contribution in [2.75, 3.05) is 45.2 Å². The second-order valence-electron chi connectivity index (χ2n) is 7.40. The van der Waals surface area contributed by atoms with Crippen LogP contribution < -0.4 is 9.64 Å². The van der Waals surface area contributed by atoms with Crippen LogP contribution in [0.5, 0.6) is 5.75 Å².